The fraction of sp³-hybridized carbons (Fsp3) is 0.600. The summed E-state index contributed by atoms with van der Waals surface area (Å²) in [6, 6.07) is 11.2. The van der Waals surface area contributed by atoms with Crippen LogP contribution in [0, 0.1) is 6.92 Å². The Kier molecular flexibility index (Phi) is 11.8. The second-order valence-electron chi connectivity index (χ2n) is 10.1. The Morgan fingerprint density at radius 1 is 1.06 bits per heavy atom. The van der Waals surface area contributed by atoms with Gasteiger partial charge in [-0.25, -0.2) is 9.37 Å². The fourth-order valence-corrected chi connectivity index (χ4v) is 4.61. The lowest BCUT2D eigenvalue weighted by Gasteiger charge is -2.36. The van der Waals surface area contributed by atoms with Gasteiger partial charge in [-0.3, -0.25) is 0 Å². The third kappa shape index (κ3) is 8.58. The van der Waals surface area contributed by atoms with Gasteiger partial charge in [0.05, 0.1) is 5.69 Å². The summed E-state index contributed by atoms with van der Waals surface area (Å²) in [6.45, 7) is 14.8. The number of anilines is 2. The highest BCUT2D eigenvalue weighted by molar-refractivity contribution is 5.48. The first-order chi connectivity index (χ1) is 17.2. The first-order valence-corrected chi connectivity index (χ1v) is 13.6. The molecule has 0 radical (unpaired) electrons. The van der Waals surface area contributed by atoms with E-state index in [1.165, 1.54) is 24.0 Å². The van der Waals surface area contributed by atoms with Gasteiger partial charge in [0.2, 0.25) is 5.95 Å². The average molecular weight is 498 g/mol. The van der Waals surface area contributed by atoms with E-state index in [2.05, 4.69) is 64.9 Å². The van der Waals surface area contributed by atoms with Gasteiger partial charge < -0.3 is 15.1 Å². The number of halogens is 1. The van der Waals surface area contributed by atoms with Crippen molar-refractivity contribution in [2.45, 2.75) is 90.9 Å². The van der Waals surface area contributed by atoms with Gasteiger partial charge in [-0.1, -0.05) is 56.3 Å². The monoisotopic (exact) mass is 497 g/mol. The van der Waals surface area contributed by atoms with Crippen molar-refractivity contribution in [1.29, 1.82) is 0 Å². The molecule has 0 spiro atoms. The zero-order valence-electron chi connectivity index (χ0n) is 23.6. The summed E-state index contributed by atoms with van der Waals surface area (Å²) in [6.07, 6.45) is 8.80. The Bertz CT molecular complexity index is 908. The van der Waals surface area contributed by atoms with Crippen molar-refractivity contribution in [3.63, 3.8) is 0 Å². The largest absolute Gasteiger partial charge is 0.357 e. The maximum atomic E-state index is 14.6. The van der Waals surface area contributed by atoms with E-state index in [4.69, 9.17) is 4.98 Å². The molecular formula is C30H48FN5. The van der Waals surface area contributed by atoms with Crippen molar-refractivity contribution in [2.75, 3.05) is 37.0 Å². The molecule has 6 heteroatoms. The summed E-state index contributed by atoms with van der Waals surface area (Å²) in [5, 5.41) is 3.38. The molecule has 0 amide bonds. The summed E-state index contributed by atoms with van der Waals surface area (Å²) in [4.78, 5) is 13.8. The Morgan fingerprint density at radius 2 is 1.64 bits per heavy atom. The van der Waals surface area contributed by atoms with Crippen molar-refractivity contribution in [1.82, 2.24) is 15.3 Å². The van der Waals surface area contributed by atoms with Gasteiger partial charge in [-0.15, -0.1) is 0 Å². The Labute approximate surface area is 219 Å². The zero-order valence-corrected chi connectivity index (χ0v) is 23.6. The first kappa shape index (κ1) is 29.8. The van der Waals surface area contributed by atoms with Crippen molar-refractivity contribution >= 4 is 17.8 Å². The van der Waals surface area contributed by atoms with Crippen molar-refractivity contribution in [2.24, 2.45) is 0 Å². The van der Waals surface area contributed by atoms with Gasteiger partial charge in [0.1, 0.15) is 11.5 Å². The summed E-state index contributed by atoms with van der Waals surface area (Å²) in [5.74, 6) is 1.54. The number of aromatic nitrogens is 2. The van der Waals surface area contributed by atoms with Crippen LogP contribution in [0.15, 0.2) is 36.9 Å². The SMILES string of the molecule is C=Cc1ccc(C)cc1.CC.CNC1CCC(N(C)c2cc(C(C)(C)F)nc(N3CCCC3)n2)CC1. The second kappa shape index (κ2) is 14.3. The van der Waals surface area contributed by atoms with Gasteiger partial charge in [-0.2, -0.15) is 4.98 Å². The Balaban J connectivity index is 0.000000347. The normalized spacial score (nSPS) is 19.5. The molecule has 1 saturated carbocycles. The van der Waals surface area contributed by atoms with E-state index in [9.17, 15) is 4.39 Å². The van der Waals surface area contributed by atoms with Crippen molar-refractivity contribution in [3.05, 3.63) is 53.7 Å². The van der Waals surface area contributed by atoms with Gasteiger partial charge in [-0.05, 0) is 71.9 Å². The molecule has 2 aliphatic rings. The number of alkyl halides is 1. The number of aryl methyl sites for hydroxylation is 1. The van der Waals surface area contributed by atoms with Crippen LogP contribution in [0.5, 0.6) is 0 Å². The third-order valence-corrected chi connectivity index (χ3v) is 7.03. The molecule has 1 saturated heterocycles. The molecule has 1 N–H and O–H groups in total. The number of benzene rings is 1. The molecule has 0 bridgehead atoms. The predicted molar refractivity (Wildman–Crippen MR) is 154 cm³/mol. The summed E-state index contributed by atoms with van der Waals surface area (Å²) < 4.78 is 14.6. The van der Waals surface area contributed by atoms with Crippen LogP contribution >= 0.6 is 0 Å². The molecule has 1 aromatic carbocycles. The molecule has 4 rings (SSSR count). The highest BCUT2D eigenvalue weighted by Gasteiger charge is 2.28. The van der Waals surface area contributed by atoms with Crippen LogP contribution in [0.3, 0.4) is 0 Å². The topological polar surface area (TPSA) is 44.3 Å². The minimum atomic E-state index is -1.46. The number of rotatable bonds is 6. The number of nitrogens with zero attached hydrogens (tertiary/aromatic N) is 4. The highest BCUT2D eigenvalue weighted by Crippen LogP contribution is 2.31. The Hall–Kier alpha value is -2.47. The molecule has 36 heavy (non-hydrogen) atoms. The zero-order chi connectivity index (χ0) is 26.7. The third-order valence-electron chi connectivity index (χ3n) is 7.03. The summed E-state index contributed by atoms with van der Waals surface area (Å²) in [7, 11) is 4.13. The number of hydrogen-bond acceptors (Lipinski definition) is 5. The standard InChI is InChI=1S/C19H32FN5.C9H10.C2H6/c1-19(2,20)16-13-17(23-18(22-16)25-11-5-6-12-25)24(4)15-9-7-14(21-3)8-10-15;1-3-9-6-4-8(2)5-7-9;1-2/h13-15,21H,5-12H2,1-4H3;3-7H,1H2,2H3;1-2H3. The van der Waals surface area contributed by atoms with E-state index in [0.29, 0.717) is 23.7 Å². The van der Waals surface area contributed by atoms with Crippen LogP contribution in [0.4, 0.5) is 16.2 Å². The van der Waals surface area contributed by atoms with E-state index >= 15 is 0 Å². The van der Waals surface area contributed by atoms with Crippen LogP contribution < -0.4 is 15.1 Å². The van der Waals surface area contributed by atoms with Crippen LogP contribution in [-0.4, -0.2) is 49.2 Å². The average Bonchev–Trinajstić information content (AvgIpc) is 3.45. The second-order valence-corrected chi connectivity index (χ2v) is 10.1. The van der Waals surface area contributed by atoms with Crippen molar-refractivity contribution in [3.8, 4) is 0 Å². The predicted octanol–water partition coefficient (Wildman–Crippen LogP) is 6.91. The molecule has 1 aromatic heterocycles. The molecule has 0 atom stereocenters. The molecule has 200 valence electrons. The highest BCUT2D eigenvalue weighted by atomic mass is 19.1. The molecule has 2 aromatic rings. The van der Waals surface area contributed by atoms with Gasteiger partial charge in [0.25, 0.3) is 0 Å². The molecule has 1 aliphatic heterocycles. The fourth-order valence-electron chi connectivity index (χ4n) is 4.61. The molecule has 2 fully saturated rings. The number of hydrogen-bond donors (Lipinski definition) is 1. The van der Waals surface area contributed by atoms with E-state index in [-0.39, 0.29) is 0 Å². The van der Waals surface area contributed by atoms with Crippen LogP contribution in [0.2, 0.25) is 0 Å². The lowest BCUT2D eigenvalue weighted by molar-refractivity contribution is 0.214. The Morgan fingerprint density at radius 3 is 2.14 bits per heavy atom. The van der Waals surface area contributed by atoms with Crippen LogP contribution in [0.25, 0.3) is 6.08 Å². The van der Waals surface area contributed by atoms with Gasteiger partial charge in [0.15, 0.2) is 0 Å². The minimum absolute atomic E-state index is 0.460. The smallest absolute Gasteiger partial charge is 0.227 e. The quantitative estimate of drug-likeness (QED) is 0.470. The molecule has 5 nitrogen and oxygen atoms in total. The van der Waals surface area contributed by atoms with E-state index in [0.717, 1.165) is 44.6 Å². The minimum Gasteiger partial charge on any atom is -0.357 e. The van der Waals surface area contributed by atoms with Gasteiger partial charge >= 0.3 is 0 Å². The molecular weight excluding hydrogens is 449 g/mol. The van der Waals surface area contributed by atoms with E-state index in [1.807, 2.05) is 33.0 Å². The van der Waals surface area contributed by atoms with Gasteiger partial charge in [0, 0.05) is 38.3 Å². The van der Waals surface area contributed by atoms with Crippen molar-refractivity contribution < 1.29 is 4.39 Å². The summed E-state index contributed by atoms with van der Waals surface area (Å²) >= 11 is 0. The lowest BCUT2D eigenvalue weighted by Crippen LogP contribution is -2.40. The first-order valence-electron chi connectivity index (χ1n) is 13.6. The molecule has 0 unspecified atom stereocenters. The van der Waals surface area contributed by atoms with E-state index in [1.54, 1.807) is 13.8 Å². The summed E-state index contributed by atoms with van der Waals surface area (Å²) in [5.41, 5.74) is 1.49. The maximum absolute atomic E-state index is 14.6. The van der Waals surface area contributed by atoms with Crippen LogP contribution in [0.1, 0.15) is 83.0 Å². The molecule has 2 heterocycles. The van der Waals surface area contributed by atoms with E-state index < -0.39 is 5.67 Å². The molecule has 1 aliphatic carbocycles. The number of nitrogens with one attached hydrogen (secondary N) is 1. The maximum Gasteiger partial charge on any atom is 0.227 e. The lowest BCUT2D eigenvalue weighted by atomic mass is 9.90. The van der Waals surface area contributed by atoms with Crippen LogP contribution in [-0.2, 0) is 5.67 Å².